The Morgan fingerprint density at radius 1 is 0.839 bits per heavy atom. The summed E-state index contributed by atoms with van der Waals surface area (Å²) >= 11 is 6.03. The quantitative estimate of drug-likeness (QED) is 0.532. The van der Waals surface area contributed by atoms with Crippen molar-refractivity contribution in [1.29, 1.82) is 0 Å². The zero-order valence-corrected chi connectivity index (χ0v) is 18.4. The first-order valence-corrected chi connectivity index (χ1v) is 10.8. The summed E-state index contributed by atoms with van der Waals surface area (Å²) in [6.07, 6.45) is 0.680. The summed E-state index contributed by atoms with van der Waals surface area (Å²) in [6.45, 7) is 2.72. The predicted octanol–water partition coefficient (Wildman–Crippen LogP) is 4.66. The van der Waals surface area contributed by atoms with E-state index >= 15 is 0 Å². The van der Waals surface area contributed by atoms with E-state index in [9.17, 15) is 9.59 Å². The minimum absolute atomic E-state index is 0.0895. The van der Waals surface area contributed by atoms with Gasteiger partial charge >= 0.3 is 0 Å². The molecule has 1 N–H and O–H groups in total. The average molecular weight is 435 g/mol. The van der Waals surface area contributed by atoms with E-state index in [1.165, 1.54) is 0 Å². The van der Waals surface area contributed by atoms with Crippen LogP contribution in [-0.4, -0.2) is 29.3 Å². The molecule has 0 saturated heterocycles. The SMILES string of the molecule is CCNC(=O)[C@H](Cc1ccccc1)N(Cc1ccc(Cl)cc1)C(=O)Cc1ccccc1. The zero-order valence-electron chi connectivity index (χ0n) is 17.6. The van der Waals surface area contributed by atoms with E-state index in [0.29, 0.717) is 24.5 Å². The fourth-order valence-electron chi connectivity index (χ4n) is 3.50. The Labute approximate surface area is 188 Å². The fraction of sp³-hybridized carbons (Fsp3) is 0.231. The molecule has 0 radical (unpaired) electrons. The first-order valence-electron chi connectivity index (χ1n) is 10.5. The zero-order chi connectivity index (χ0) is 22.1. The molecule has 0 spiro atoms. The molecule has 160 valence electrons. The minimum atomic E-state index is -0.616. The van der Waals surface area contributed by atoms with Crippen molar-refractivity contribution in [3.63, 3.8) is 0 Å². The van der Waals surface area contributed by atoms with E-state index in [1.807, 2.05) is 79.7 Å². The third-order valence-corrected chi connectivity index (χ3v) is 5.34. The maximum absolute atomic E-state index is 13.4. The molecule has 0 heterocycles. The van der Waals surface area contributed by atoms with Crippen molar-refractivity contribution in [2.75, 3.05) is 6.54 Å². The van der Waals surface area contributed by atoms with Crippen molar-refractivity contribution in [3.05, 3.63) is 107 Å². The molecule has 0 saturated carbocycles. The maximum Gasteiger partial charge on any atom is 0.243 e. The summed E-state index contributed by atoms with van der Waals surface area (Å²) in [5.41, 5.74) is 2.85. The summed E-state index contributed by atoms with van der Waals surface area (Å²) in [6, 6.07) is 26.2. The van der Waals surface area contributed by atoms with Crippen LogP contribution in [0.4, 0.5) is 0 Å². The van der Waals surface area contributed by atoms with Crippen molar-refractivity contribution in [2.24, 2.45) is 0 Å². The Balaban J connectivity index is 1.93. The van der Waals surface area contributed by atoms with Crippen molar-refractivity contribution in [2.45, 2.75) is 32.4 Å². The molecule has 0 aliphatic rings. The lowest BCUT2D eigenvalue weighted by molar-refractivity contribution is -0.140. The van der Waals surface area contributed by atoms with Crippen LogP contribution in [0.2, 0.25) is 5.02 Å². The summed E-state index contributed by atoms with van der Waals surface area (Å²) in [7, 11) is 0. The van der Waals surface area contributed by atoms with Gasteiger partial charge in [-0.15, -0.1) is 0 Å². The van der Waals surface area contributed by atoms with Crippen LogP contribution in [0.15, 0.2) is 84.9 Å². The van der Waals surface area contributed by atoms with Gasteiger partial charge in [-0.05, 0) is 35.7 Å². The lowest BCUT2D eigenvalue weighted by Crippen LogP contribution is -2.50. The van der Waals surface area contributed by atoms with E-state index in [-0.39, 0.29) is 18.2 Å². The second kappa shape index (κ2) is 11.3. The van der Waals surface area contributed by atoms with Crippen LogP contribution < -0.4 is 5.32 Å². The largest absolute Gasteiger partial charge is 0.355 e. The lowest BCUT2D eigenvalue weighted by Gasteiger charge is -2.31. The van der Waals surface area contributed by atoms with E-state index in [1.54, 1.807) is 17.0 Å². The molecule has 0 aromatic heterocycles. The molecule has 0 unspecified atom stereocenters. The van der Waals surface area contributed by atoms with Gasteiger partial charge in [0.15, 0.2) is 0 Å². The van der Waals surface area contributed by atoms with Crippen molar-refractivity contribution < 1.29 is 9.59 Å². The van der Waals surface area contributed by atoms with E-state index in [0.717, 1.165) is 16.7 Å². The first kappa shape index (κ1) is 22.6. The number of likely N-dealkylation sites (N-methyl/N-ethyl adjacent to an activating group) is 1. The molecule has 0 aliphatic carbocycles. The highest BCUT2D eigenvalue weighted by atomic mass is 35.5. The second-order valence-electron chi connectivity index (χ2n) is 7.41. The van der Waals surface area contributed by atoms with Gasteiger partial charge in [0, 0.05) is 24.5 Å². The Bertz CT molecular complexity index is 975. The van der Waals surface area contributed by atoms with Gasteiger partial charge in [0.05, 0.1) is 6.42 Å². The number of amides is 2. The molecule has 5 heteroatoms. The number of carbonyl (C=O) groups is 2. The number of nitrogens with one attached hydrogen (secondary N) is 1. The van der Waals surface area contributed by atoms with Gasteiger partial charge in [-0.3, -0.25) is 9.59 Å². The van der Waals surface area contributed by atoms with Crippen LogP contribution in [0.1, 0.15) is 23.6 Å². The number of rotatable bonds is 9. The number of hydrogen-bond donors (Lipinski definition) is 1. The second-order valence-corrected chi connectivity index (χ2v) is 7.85. The summed E-state index contributed by atoms with van der Waals surface area (Å²) < 4.78 is 0. The number of halogens is 1. The Hall–Kier alpha value is -3.11. The fourth-order valence-corrected chi connectivity index (χ4v) is 3.63. The number of benzene rings is 3. The molecule has 0 aliphatic heterocycles. The van der Waals surface area contributed by atoms with Crippen molar-refractivity contribution >= 4 is 23.4 Å². The standard InChI is InChI=1S/C26H27ClN2O2/c1-2-28-26(31)24(17-20-9-5-3-6-10-20)29(19-22-13-15-23(27)16-14-22)25(30)18-21-11-7-4-8-12-21/h3-16,24H,2,17-19H2,1H3,(H,28,31)/t24-/m0/s1. The topological polar surface area (TPSA) is 49.4 Å². The van der Waals surface area contributed by atoms with Crippen LogP contribution in [0.25, 0.3) is 0 Å². The first-order chi connectivity index (χ1) is 15.1. The van der Waals surface area contributed by atoms with Gasteiger partial charge in [0.25, 0.3) is 0 Å². The van der Waals surface area contributed by atoms with Gasteiger partial charge in [0.2, 0.25) is 11.8 Å². The van der Waals surface area contributed by atoms with Crippen molar-refractivity contribution in [3.8, 4) is 0 Å². The van der Waals surface area contributed by atoms with Crippen molar-refractivity contribution in [1.82, 2.24) is 10.2 Å². The maximum atomic E-state index is 13.4. The molecule has 3 rings (SSSR count). The third kappa shape index (κ3) is 6.69. The van der Waals surface area contributed by atoms with E-state index < -0.39 is 6.04 Å². The molecule has 0 bridgehead atoms. The highest BCUT2D eigenvalue weighted by Gasteiger charge is 2.30. The Morgan fingerprint density at radius 2 is 1.42 bits per heavy atom. The molecule has 2 amide bonds. The molecule has 4 nitrogen and oxygen atoms in total. The summed E-state index contributed by atoms with van der Waals surface area (Å²) in [5.74, 6) is -0.241. The van der Waals surface area contributed by atoms with Gasteiger partial charge in [-0.1, -0.05) is 84.4 Å². The van der Waals surface area contributed by atoms with Gasteiger partial charge in [0.1, 0.15) is 6.04 Å². The molecule has 3 aromatic rings. The van der Waals surface area contributed by atoms with Gasteiger partial charge in [-0.2, -0.15) is 0 Å². The summed E-state index contributed by atoms with van der Waals surface area (Å²) in [5, 5.41) is 3.54. The summed E-state index contributed by atoms with van der Waals surface area (Å²) in [4.78, 5) is 28.2. The van der Waals surface area contributed by atoms with Gasteiger partial charge < -0.3 is 10.2 Å². The predicted molar refractivity (Wildman–Crippen MR) is 125 cm³/mol. The Kier molecular flexibility index (Phi) is 8.25. The van der Waals surface area contributed by atoms with Crippen LogP contribution in [-0.2, 0) is 29.0 Å². The molecule has 1 atom stereocenters. The van der Waals surface area contributed by atoms with Crippen LogP contribution in [0.3, 0.4) is 0 Å². The monoisotopic (exact) mass is 434 g/mol. The molecule has 3 aromatic carbocycles. The van der Waals surface area contributed by atoms with Crippen LogP contribution in [0, 0.1) is 0 Å². The number of carbonyl (C=O) groups excluding carboxylic acids is 2. The minimum Gasteiger partial charge on any atom is -0.355 e. The van der Waals surface area contributed by atoms with Crippen LogP contribution in [0.5, 0.6) is 0 Å². The smallest absolute Gasteiger partial charge is 0.243 e. The normalized spacial score (nSPS) is 11.5. The van der Waals surface area contributed by atoms with E-state index in [4.69, 9.17) is 11.6 Å². The van der Waals surface area contributed by atoms with Gasteiger partial charge in [-0.25, -0.2) is 0 Å². The Morgan fingerprint density at radius 3 is 2.00 bits per heavy atom. The highest BCUT2D eigenvalue weighted by Crippen LogP contribution is 2.18. The number of hydrogen-bond acceptors (Lipinski definition) is 2. The van der Waals surface area contributed by atoms with Crippen LogP contribution >= 0.6 is 11.6 Å². The molecule has 0 fully saturated rings. The average Bonchev–Trinajstić information content (AvgIpc) is 2.79. The lowest BCUT2D eigenvalue weighted by atomic mass is 10.0. The molecular weight excluding hydrogens is 408 g/mol. The number of nitrogens with zero attached hydrogens (tertiary/aromatic N) is 1. The van der Waals surface area contributed by atoms with E-state index in [2.05, 4.69) is 5.32 Å². The highest BCUT2D eigenvalue weighted by molar-refractivity contribution is 6.30. The molecule has 31 heavy (non-hydrogen) atoms. The molecular formula is C26H27ClN2O2. The third-order valence-electron chi connectivity index (χ3n) is 5.09.